The fraction of sp³-hybridized carbons (Fsp3) is 0.417. The van der Waals surface area contributed by atoms with Gasteiger partial charge in [0.15, 0.2) is 5.82 Å². The zero-order chi connectivity index (χ0) is 14.5. The Balaban J connectivity index is 2.25. The van der Waals surface area contributed by atoms with Gasteiger partial charge in [0, 0.05) is 27.9 Å². The lowest BCUT2D eigenvalue weighted by atomic mass is 10.2. The Hall–Kier alpha value is -1.96. The first kappa shape index (κ1) is 14.4. The van der Waals surface area contributed by atoms with Crippen molar-refractivity contribution in [2.75, 3.05) is 24.3 Å². The van der Waals surface area contributed by atoms with Gasteiger partial charge in [-0.25, -0.2) is 4.68 Å². The van der Waals surface area contributed by atoms with E-state index >= 15 is 0 Å². The molecule has 1 aromatic carbocycles. The SMILES string of the molecule is CCS(=O)CCn1nnnc1-c1ccc(N)c(OC)c1. The smallest absolute Gasteiger partial charge is 0.182 e. The van der Waals surface area contributed by atoms with Crippen LogP contribution in [0, 0.1) is 0 Å². The molecule has 2 N–H and O–H groups in total. The van der Waals surface area contributed by atoms with Crippen molar-refractivity contribution in [3.63, 3.8) is 0 Å². The maximum Gasteiger partial charge on any atom is 0.182 e. The number of rotatable bonds is 6. The van der Waals surface area contributed by atoms with Gasteiger partial charge in [0.25, 0.3) is 0 Å². The molecule has 2 rings (SSSR count). The Morgan fingerprint density at radius 2 is 2.25 bits per heavy atom. The number of aromatic nitrogens is 4. The first-order valence-corrected chi connectivity index (χ1v) is 7.69. The van der Waals surface area contributed by atoms with E-state index in [-0.39, 0.29) is 0 Å². The van der Waals surface area contributed by atoms with Gasteiger partial charge in [0.1, 0.15) is 5.75 Å². The van der Waals surface area contributed by atoms with Gasteiger partial charge >= 0.3 is 0 Å². The lowest BCUT2D eigenvalue weighted by Crippen LogP contribution is -2.11. The number of methoxy groups -OCH3 is 1. The van der Waals surface area contributed by atoms with Crippen LogP contribution >= 0.6 is 0 Å². The molecule has 0 spiro atoms. The van der Waals surface area contributed by atoms with E-state index < -0.39 is 10.8 Å². The molecule has 8 heteroatoms. The van der Waals surface area contributed by atoms with Gasteiger partial charge in [-0.05, 0) is 28.6 Å². The standard InChI is InChI=1S/C12H17N5O2S/c1-3-20(18)7-6-17-12(14-15-16-17)9-4-5-10(13)11(8-9)19-2/h4-5,8H,3,6-7,13H2,1-2H3. The second-order valence-corrected chi connectivity index (χ2v) is 5.98. The molecule has 1 atom stereocenters. The van der Waals surface area contributed by atoms with Crippen LogP contribution in [0.4, 0.5) is 5.69 Å². The third kappa shape index (κ3) is 3.13. The van der Waals surface area contributed by atoms with Crippen molar-refractivity contribution < 1.29 is 8.95 Å². The Morgan fingerprint density at radius 3 is 2.95 bits per heavy atom. The fourth-order valence-electron chi connectivity index (χ4n) is 1.74. The van der Waals surface area contributed by atoms with Crippen LogP contribution in [0.5, 0.6) is 5.75 Å². The summed E-state index contributed by atoms with van der Waals surface area (Å²) in [6.45, 7) is 2.40. The number of ether oxygens (including phenoxy) is 1. The molecule has 0 saturated heterocycles. The van der Waals surface area contributed by atoms with Crippen molar-refractivity contribution in [2.24, 2.45) is 0 Å². The molecule has 108 valence electrons. The number of anilines is 1. The summed E-state index contributed by atoms with van der Waals surface area (Å²) in [5, 5.41) is 11.6. The lowest BCUT2D eigenvalue weighted by Gasteiger charge is -2.08. The van der Waals surface area contributed by atoms with E-state index in [1.165, 1.54) is 0 Å². The molecular weight excluding hydrogens is 278 g/mol. The maximum atomic E-state index is 11.5. The molecule has 0 amide bonds. The highest BCUT2D eigenvalue weighted by Crippen LogP contribution is 2.27. The Morgan fingerprint density at radius 1 is 1.45 bits per heavy atom. The van der Waals surface area contributed by atoms with Crippen LogP contribution in [0.1, 0.15) is 6.92 Å². The third-order valence-electron chi connectivity index (χ3n) is 2.88. The van der Waals surface area contributed by atoms with Crippen molar-refractivity contribution in [1.29, 1.82) is 0 Å². The molecule has 1 heterocycles. The van der Waals surface area contributed by atoms with Crippen LogP contribution in [-0.4, -0.2) is 43.0 Å². The second kappa shape index (κ2) is 6.47. The van der Waals surface area contributed by atoms with E-state index in [2.05, 4.69) is 15.5 Å². The summed E-state index contributed by atoms with van der Waals surface area (Å²) in [4.78, 5) is 0. The van der Waals surface area contributed by atoms with Gasteiger partial charge in [-0.1, -0.05) is 6.92 Å². The minimum absolute atomic E-state index is 0.509. The van der Waals surface area contributed by atoms with Crippen LogP contribution in [0.25, 0.3) is 11.4 Å². The first-order chi connectivity index (χ1) is 9.65. The molecule has 2 aromatic rings. The van der Waals surface area contributed by atoms with Gasteiger partial charge in [-0.15, -0.1) is 5.10 Å². The molecule has 0 fully saturated rings. The van der Waals surface area contributed by atoms with Crippen molar-refractivity contribution in [3.8, 4) is 17.1 Å². The monoisotopic (exact) mass is 295 g/mol. The molecule has 0 bridgehead atoms. The van der Waals surface area contributed by atoms with E-state index in [9.17, 15) is 4.21 Å². The van der Waals surface area contributed by atoms with Gasteiger partial charge < -0.3 is 10.5 Å². The quantitative estimate of drug-likeness (QED) is 0.788. The minimum Gasteiger partial charge on any atom is -0.495 e. The van der Waals surface area contributed by atoms with Crippen molar-refractivity contribution in [2.45, 2.75) is 13.5 Å². The number of nitrogen functional groups attached to an aromatic ring is 1. The summed E-state index contributed by atoms with van der Waals surface area (Å²) in [6, 6.07) is 5.36. The third-order valence-corrected chi connectivity index (χ3v) is 4.16. The molecule has 0 aliphatic heterocycles. The Kier molecular flexibility index (Phi) is 4.67. The number of hydrogen-bond acceptors (Lipinski definition) is 6. The number of tetrazole rings is 1. The van der Waals surface area contributed by atoms with Crippen molar-refractivity contribution in [3.05, 3.63) is 18.2 Å². The molecule has 0 aliphatic carbocycles. The van der Waals surface area contributed by atoms with Crippen LogP contribution in [0.15, 0.2) is 18.2 Å². The maximum absolute atomic E-state index is 11.5. The summed E-state index contributed by atoms with van der Waals surface area (Å²) in [6.07, 6.45) is 0. The topological polar surface area (TPSA) is 95.9 Å². The van der Waals surface area contributed by atoms with Crippen molar-refractivity contribution >= 4 is 16.5 Å². The number of nitrogens with zero attached hydrogens (tertiary/aromatic N) is 4. The molecule has 0 saturated carbocycles. The normalized spacial score (nSPS) is 12.3. The number of nitrogens with two attached hydrogens (primary N) is 1. The van der Waals surface area contributed by atoms with E-state index in [1.807, 2.05) is 13.0 Å². The molecule has 1 unspecified atom stereocenters. The van der Waals surface area contributed by atoms with E-state index in [0.717, 1.165) is 5.56 Å². The van der Waals surface area contributed by atoms with Gasteiger partial charge in [-0.2, -0.15) is 0 Å². The first-order valence-electron chi connectivity index (χ1n) is 6.20. The molecule has 0 aliphatic rings. The predicted molar refractivity (Wildman–Crippen MR) is 77.8 cm³/mol. The van der Waals surface area contributed by atoms with Gasteiger partial charge in [-0.3, -0.25) is 4.21 Å². The summed E-state index contributed by atoms with van der Waals surface area (Å²) < 4.78 is 18.3. The summed E-state index contributed by atoms with van der Waals surface area (Å²) in [5.41, 5.74) is 7.15. The summed E-state index contributed by atoms with van der Waals surface area (Å²) >= 11 is 0. The highest BCUT2D eigenvalue weighted by molar-refractivity contribution is 7.84. The fourth-order valence-corrected chi connectivity index (χ4v) is 2.41. The largest absolute Gasteiger partial charge is 0.495 e. The highest BCUT2D eigenvalue weighted by Gasteiger charge is 2.11. The van der Waals surface area contributed by atoms with Crippen LogP contribution < -0.4 is 10.5 Å². The summed E-state index contributed by atoms with van der Waals surface area (Å²) in [5.74, 6) is 2.35. The van der Waals surface area contributed by atoms with Gasteiger partial charge in [0.05, 0.1) is 19.3 Å². The average molecular weight is 295 g/mol. The molecule has 7 nitrogen and oxygen atoms in total. The Labute approximate surface area is 119 Å². The van der Waals surface area contributed by atoms with Crippen LogP contribution in [0.2, 0.25) is 0 Å². The minimum atomic E-state index is -0.847. The van der Waals surface area contributed by atoms with E-state index in [4.69, 9.17) is 10.5 Å². The van der Waals surface area contributed by atoms with Crippen molar-refractivity contribution in [1.82, 2.24) is 20.2 Å². The van der Waals surface area contributed by atoms with Crippen LogP contribution in [0.3, 0.4) is 0 Å². The van der Waals surface area contributed by atoms with Gasteiger partial charge in [0.2, 0.25) is 0 Å². The summed E-state index contributed by atoms with van der Waals surface area (Å²) in [7, 11) is 0.711. The highest BCUT2D eigenvalue weighted by atomic mass is 32.2. The second-order valence-electron chi connectivity index (χ2n) is 4.11. The van der Waals surface area contributed by atoms with E-state index in [1.54, 1.807) is 23.9 Å². The molecule has 0 radical (unpaired) electrons. The number of benzene rings is 1. The predicted octanol–water partition coefficient (Wildman–Crippen LogP) is 0.699. The zero-order valence-corrected chi connectivity index (χ0v) is 12.3. The Bertz CT molecular complexity index is 614. The molecule has 20 heavy (non-hydrogen) atoms. The number of hydrogen-bond donors (Lipinski definition) is 1. The number of aryl methyl sites for hydroxylation is 1. The molecule has 1 aromatic heterocycles. The zero-order valence-electron chi connectivity index (χ0n) is 11.4. The van der Waals surface area contributed by atoms with Crippen LogP contribution in [-0.2, 0) is 17.3 Å². The molecular formula is C12H17N5O2S. The lowest BCUT2D eigenvalue weighted by molar-refractivity contribution is 0.417. The average Bonchev–Trinajstić information content (AvgIpc) is 2.93. The van der Waals surface area contributed by atoms with E-state index in [0.29, 0.717) is 35.3 Å².